The van der Waals surface area contributed by atoms with Crippen LogP contribution in [0.15, 0.2) is 48.5 Å². The summed E-state index contributed by atoms with van der Waals surface area (Å²) < 4.78 is 0. The SMILES string of the molecule is CCCCCBr.CCCCc1ccccc1-c1ccccc1C. The molecule has 0 N–H and O–H groups in total. The predicted octanol–water partition coefficient (Wildman–Crippen LogP) is 7.58. The first-order chi connectivity index (χ1) is 11.2. The van der Waals surface area contributed by atoms with Gasteiger partial charge in [-0.25, -0.2) is 0 Å². The number of alkyl halides is 1. The molecule has 0 saturated heterocycles. The number of halogens is 1. The van der Waals surface area contributed by atoms with Gasteiger partial charge in [0.25, 0.3) is 0 Å². The summed E-state index contributed by atoms with van der Waals surface area (Å²) in [5.74, 6) is 0. The van der Waals surface area contributed by atoms with E-state index in [0.29, 0.717) is 0 Å². The van der Waals surface area contributed by atoms with Crippen LogP contribution in [0.4, 0.5) is 0 Å². The average molecular weight is 375 g/mol. The van der Waals surface area contributed by atoms with Gasteiger partial charge in [-0.15, -0.1) is 0 Å². The van der Waals surface area contributed by atoms with Crippen LogP contribution in [0.5, 0.6) is 0 Å². The molecule has 0 aliphatic carbocycles. The van der Waals surface area contributed by atoms with Crippen LogP contribution in [0, 0.1) is 6.92 Å². The molecule has 2 rings (SSSR count). The van der Waals surface area contributed by atoms with Crippen LogP contribution in [-0.2, 0) is 6.42 Å². The first-order valence-corrected chi connectivity index (χ1v) is 10.1. The van der Waals surface area contributed by atoms with Gasteiger partial charge in [-0.2, -0.15) is 0 Å². The van der Waals surface area contributed by atoms with Gasteiger partial charge in [-0.05, 0) is 48.4 Å². The third-order valence-corrected chi connectivity index (χ3v) is 4.55. The minimum absolute atomic E-state index is 1.17. The fraction of sp³-hybridized carbons (Fsp3) is 0.455. The third-order valence-electron chi connectivity index (χ3n) is 3.99. The van der Waals surface area contributed by atoms with E-state index >= 15 is 0 Å². The summed E-state index contributed by atoms with van der Waals surface area (Å²) in [5.41, 5.74) is 5.61. The summed E-state index contributed by atoms with van der Waals surface area (Å²) >= 11 is 3.35. The molecule has 0 heterocycles. The van der Waals surface area contributed by atoms with Gasteiger partial charge in [0.2, 0.25) is 0 Å². The molecule has 0 nitrogen and oxygen atoms in total. The van der Waals surface area contributed by atoms with Crippen LogP contribution in [-0.4, -0.2) is 5.33 Å². The van der Waals surface area contributed by atoms with Crippen molar-refractivity contribution in [1.82, 2.24) is 0 Å². The quantitative estimate of drug-likeness (QED) is 0.346. The van der Waals surface area contributed by atoms with E-state index in [-0.39, 0.29) is 0 Å². The number of hydrogen-bond donors (Lipinski definition) is 0. The highest BCUT2D eigenvalue weighted by molar-refractivity contribution is 9.09. The third kappa shape index (κ3) is 7.35. The van der Waals surface area contributed by atoms with Crippen molar-refractivity contribution >= 4 is 15.9 Å². The fourth-order valence-corrected chi connectivity index (χ4v) is 2.98. The number of rotatable bonds is 7. The van der Waals surface area contributed by atoms with E-state index in [4.69, 9.17) is 0 Å². The van der Waals surface area contributed by atoms with E-state index in [0.717, 1.165) is 0 Å². The van der Waals surface area contributed by atoms with E-state index in [1.807, 2.05) is 0 Å². The van der Waals surface area contributed by atoms with Crippen LogP contribution in [0.1, 0.15) is 57.1 Å². The highest BCUT2D eigenvalue weighted by atomic mass is 79.9. The molecule has 0 saturated carbocycles. The molecular formula is C22H31Br. The smallest absolute Gasteiger partial charge is 0.00313 e. The average Bonchev–Trinajstić information content (AvgIpc) is 2.59. The molecule has 0 atom stereocenters. The minimum Gasteiger partial charge on any atom is -0.0928 e. The molecule has 0 aliphatic heterocycles. The summed E-state index contributed by atoms with van der Waals surface area (Å²) in [4.78, 5) is 0. The molecule has 0 unspecified atom stereocenters. The van der Waals surface area contributed by atoms with Crippen molar-refractivity contribution in [3.05, 3.63) is 59.7 Å². The van der Waals surface area contributed by atoms with Gasteiger partial charge in [-0.1, -0.05) is 97.6 Å². The summed E-state index contributed by atoms with van der Waals surface area (Å²) in [6.07, 6.45) is 7.72. The zero-order valence-corrected chi connectivity index (χ0v) is 16.5. The summed E-state index contributed by atoms with van der Waals surface area (Å²) in [6, 6.07) is 17.4. The van der Waals surface area contributed by atoms with Gasteiger partial charge in [0, 0.05) is 5.33 Å². The normalized spacial score (nSPS) is 10.1. The zero-order chi connectivity index (χ0) is 16.9. The molecule has 126 valence electrons. The van der Waals surface area contributed by atoms with Crippen LogP contribution < -0.4 is 0 Å². The molecule has 0 bridgehead atoms. The number of hydrogen-bond acceptors (Lipinski definition) is 0. The maximum absolute atomic E-state index is 3.35. The maximum Gasteiger partial charge on any atom is 0.00313 e. The Morgan fingerprint density at radius 3 is 1.91 bits per heavy atom. The molecule has 0 radical (unpaired) electrons. The molecule has 0 aliphatic rings. The lowest BCUT2D eigenvalue weighted by Gasteiger charge is -2.11. The molecule has 2 aromatic carbocycles. The predicted molar refractivity (Wildman–Crippen MR) is 109 cm³/mol. The van der Waals surface area contributed by atoms with E-state index in [2.05, 4.69) is 85.2 Å². The minimum atomic E-state index is 1.17. The monoisotopic (exact) mass is 374 g/mol. The van der Waals surface area contributed by atoms with E-state index in [1.54, 1.807) is 0 Å². The van der Waals surface area contributed by atoms with Crippen molar-refractivity contribution in [2.24, 2.45) is 0 Å². The standard InChI is InChI=1S/C17H20.C5H11Br/c1-3-4-10-15-11-6-8-13-17(15)16-12-7-5-9-14(16)2;1-2-3-4-5-6/h5-9,11-13H,3-4,10H2,1-2H3;2-5H2,1H3. The first-order valence-electron chi connectivity index (χ1n) is 8.94. The second kappa shape index (κ2) is 12.4. The van der Waals surface area contributed by atoms with Gasteiger partial charge in [-0.3, -0.25) is 0 Å². The Kier molecular flexibility index (Phi) is 10.7. The lowest BCUT2D eigenvalue weighted by Crippen LogP contribution is -1.91. The molecule has 0 spiro atoms. The summed E-state index contributed by atoms with van der Waals surface area (Å²) in [5, 5.41) is 1.17. The van der Waals surface area contributed by atoms with Crippen molar-refractivity contribution in [1.29, 1.82) is 0 Å². The first kappa shape index (κ1) is 20.0. The molecule has 2 aromatic rings. The van der Waals surface area contributed by atoms with Crippen LogP contribution >= 0.6 is 15.9 Å². The molecule has 0 amide bonds. The van der Waals surface area contributed by atoms with Crippen LogP contribution in [0.2, 0.25) is 0 Å². The molecule has 23 heavy (non-hydrogen) atoms. The lowest BCUT2D eigenvalue weighted by molar-refractivity contribution is 0.781. The molecule has 0 fully saturated rings. The highest BCUT2D eigenvalue weighted by Crippen LogP contribution is 2.27. The van der Waals surface area contributed by atoms with Gasteiger partial charge in [0.1, 0.15) is 0 Å². The Morgan fingerprint density at radius 1 is 0.739 bits per heavy atom. The number of aryl methyl sites for hydroxylation is 2. The van der Waals surface area contributed by atoms with Gasteiger partial charge in [0.15, 0.2) is 0 Å². The number of unbranched alkanes of at least 4 members (excludes halogenated alkanes) is 3. The van der Waals surface area contributed by atoms with Gasteiger partial charge >= 0.3 is 0 Å². The fourth-order valence-electron chi connectivity index (χ4n) is 2.59. The van der Waals surface area contributed by atoms with Crippen molar-refractivity contribution < 1.29 is 0 Å². The van der Waals surface area contributed by atoms with Crippen molar-refractivity contribution in [2.75, 3.05) is 5.33 Å². The molecule has 0 aromatic heterocycles. The van der Waals surface area contributed by atoms with Crippen molar-refractivity contribution in [2.45, 2.75) is 59.3 Å². The second-order valence-electron chi connectivity index (χ2n) is 5.97. The van der Waals surface area contributed by atoms with Crippen LogP contribution in [0.3, 0.4) is 0 Å². The Balaban J connectivity index is 0.000000379. The topological polar surface area (TPSA) is 0 Å². The Morgan fingerprint density at radius 2 is 1.35 bits per heavy atom. The van der Waals surface area contributed by atoms with E-state index < -0.39 is 0 Å². The number of benzene rings is 2. The van der Waals surface area contributed by atoms with E-state index in [9.17, 15) is 0 Å². The summed E-state index contributed by atoms with van der Waals surface area (Å²) in [7, 11) is 0. The maximum atomic E-state index is 3.35. The Labute approximate surface area is 151 Å². The molecule has 1 heteroatoms. The Bertz CT molecular complexity index is 541. The lowest BCUT2D eigenvalue weighted by atomic mass is 9.93. The Hall–Kier alpha value is -1.08. The summed E-state index contributed by atoms with van der Waals surface area (Å²) in [6.45, 7) is 6.64. The highest BCUT2D eigenvalue weighted by Gasteiger charge is 2.05. The zero-order valence-electron chi connectivity index (χ0n) is 14.9. The largest absolute Gasteiger partial charge is 0.0928 e. The van der Waals surface area contributed by atoms with Gasteiger partial charge < -0.3 is 0 Å². The van der Waals surface area contributed by atoms with Crippen LogP contribution in [0.25, 0.3) is 11.1 Å². The van der Waals surface area contributed by atoms with Crippen molar-refractivity contribution in [3.63, 3.8) is 0 Å². The second-order valence-corrected chi connectivity index (χ2v) is 6.76. The molecular weight excluding hydrogens is 344 g/mol. The van der Waals surface area contributed by atoms with Gasteiger partial charge in [0.05, 0.1) is 0 Å². The van der Waals surface area contributed by atoms with Crippen molar-refractivity contribution in [3.8, 4) is 11.1 Å². The van der Waals surface area contributed by atoms with E-state index in [1.165, 1.54) is 66.1 Å².